The van der Waals surface area contributed by atoms with E-state index in [-0.39, 0.29) is 11.6 Å². The minimum Gasteiger partial charge on any atom is -0.451 e. The summed E-state index contributed by atoms with van der Waals surface area (Å²) < 4.78 is 5.00. The average molecular weight is 361 g/mol. The quantitative estimate of drug-likeness (QED) is 0.799. The monoisotopic (exact) mass is 361 g/mol. The minimum absolute atomic E-state index is 0.175. The van der Waals surface area contributed by atoms with E-state index in [9.17, 15) is 14.9 Å². The number of thiazole rings is 1. The van der Waals surface area contributed by atoms with Crippen LogP contribution in [0.1, 0.15) is 30.3 Å². The first kappa shape index (κ1) is 16.6. The summed E-state index contributed by atoms with van der Waals surface area (Å²) in [4.78, 5) is 29.1. The van der Waals surface area contributed by atoms with E-state index in [1.54, 1.807) is 12.3 Å². The Labute approximate surface area is 147 Å². The smallest absolute Gasteiger partial charge is 0.358 e. The van der Waals surface area contributed by atoms with Crippen LogP contribution in [0.3, 0.4) is 0 Å². The van der Waals surface area contributed by atoms with Gasteiger partial charge in [-0.2, -0.15) is 5.26 Å². The van der Waals surface area contributed by atoms with Crippen LogP contribution in [0.2, 0.25) is 0 Å². The van der Waals surface area contributed by atoms with E-state index >= 15 is 0 Å². The lowest BCUT2D eigenvalue weighted by atomic mass is 9.98. The van der Waals surface area contributed by atoms with Gasteiger partial charge >= 0.3 is 5.97 Å². The number of nitrogens with zero attached hydrogens (tertiary/aromatic N) is 2. The molecule has 2 aromatic rings. The SMILES string of the molecule is C[C@@](C#N)(NC(=O)COC(=O)c1csc(-c2cccs2)n1)C1CC1. The van der Waals surface area contributed by atoms with Gasteiger partial charge in [0.15, 0.2) is 12.3 Å². The fourth-order valence-corrected chi connectivity index (χ4v) is 3.90. The maximum atomic E-state index is 12.0. The Morgan fingerprint density at radius 3 is 2.92 bits per heavy atom. The number of hydrogen-bond acceptors (Lipinski definition) is 7. The van der Waals surface area contributed by atoms with E-state index in [1.165, 1.54) is 22.7 Å². The lowest BCUT2D eigenvalue weighted by Crippen LogP contribution is -2.48. The van der Waals surface area contributed by atoms with Gasteiger partial charge in [0.05, 0.1) is 10.9 Å². The Kier molecular flexibility index (Phi) is 4.64. The molecule has 2 heterocycles. The fraction of sp³-hybridized carbons (Fsp3) is 0.375. The van der Waals surface area contributed by atoms with E-state index < -0.39 is 24.0 Å². The molecule has 1 atom stereocenters. The van der Waals surface area contributed by atoms with Crippen molar-refractivity contribution in [2.75, 3.05) is 6.61 Å². The molecule has 3 rings (SSSR count). The third-order valence-corrected chi connectivity index (χ3v) is 5.69. The molecule has 1 saturated carbocycles. The van der Waals surface area contributed by atoms with Gasteiger partial charge in [-0.15, -0.1) is 22.7 Å². The molecule has 0 bridgehead atoms. The molecular formula is C16H15N3O3S2. The number of carbonyl (C=O) groups excluding carboxylic acids is 2. The molecule has 24 heavy (non-hydrogen) atoms. The number of aromatic nitrogens is 1. The fourth-order valence-electron chi connectivity index (χ4n) is 2.29. The number of carbonyl (C=O) groups is 2. The predicted molar refractivity (Wildman–Crippen MR) is 90.6 cm³/mol. The molecule has 0 radical (unpaired) electrons. The first-order chi connectivity index (χ1) is 11.5. The van der Waals surface area contributed by atoms with Crippen molar-refractivity contribution in [1.29, 1.82) is 5.26 Å². The molecule has 0 spiro atoms. The van der Waals surface area contributed by atoms with Crippen LogP contribution < -0.4 is 5.32 Å². The number of rotatable bonds is 6. The lowest BCUT2D eigenvalue weighted by molar-refractivity contribution is -0.125. The van der Waals surface area contributed by atoms with Gasteiger partial charge in [-0.3, -0.25) is 4.79 Å². The van der Waals surface area contributed by atoms with E-state index in [0.29, 0.717) is 0 Å². The Balaban J connectivity index is 1.54. The lowest BCUT2D eigenvalue weighted by Gasteiger charge is -2.22. The normalized spacial score (nSPS) is 16.0. The number of amides is 1. The topological polar surface area (TPSA) is 92.1 Å². The van der Waals surface area contributed by atoms with Crippen molar-refractivity contribution in [3.8, 4) is 16.0 Å². The molecule has 1 amide bonds. The summed E-state index contributed by atoms with van der Waals surface area (Å²) in [6.45, 7) is 1.27. The van der Waals surface area contributed by atoms with Crippen LogP contribution in [-0.2, 0) is 9.53 Å². The van der Waals surface area contributed by atoms with Crippen molar-refractivity contribution in [3.05, 3.63) is 28.6 Å². The first-order valence-electron chi connectivity index (χ1n) is 7.40. The minimum atomic E-state index is -0.892. The molecular weight excluding hydrogens is 346 g/mol. The second kappa shape index (κ2) is 6.71. The maximum absolute atomic E-state index is 12.0. The van der Waals surface area contributed by atoms with E-state index in [2.05, 4.69) is 16.4 Å². The highest BCUT2D eigenvalue weighted by Gasteiger charge is 2.43. The van der Waals surface area contributed by atoms with E-state index in [1.807, 2.05) is 17.5 Å². The number of nitriles is 1. The van der Waals surface area contributed by atoms with Gasteiger partial charge < -0.3 is 10.1 Å². The van der Waals surface area contributed by atoms with Crippen LogP contribution in [0.5, 0.6) is 0 Å². The van der Waals surface area contributed by atoms with E-state index in [0.717, 1.165) is 22.7 Å². The Bertz CT molecular complexity index is 790. The Morgan fingerprint density at radius 2 is 2.29 bits per heavy atom. The number of esters is 1. The Morgan fingerprint density at radius 1 is 1.50 bits per heavy atom. The highest BCUT2D eigenvalue weighted by Crippen LogP contribution is 2.39. The summed E-state index contributed by atoms with van der Waals surface area (Å²) >= 11 is 2.89. The van der Waals surface area contributed by atoms with Gasteiger partial charge in [0.25, 0.3) is 5.91 Å². The highest BCUT2D eigenvalue weighted by atomic mass is 32.1. The predicted octanol–water partition coefficient (Wildman–Crippen LogP) is 2.84. The molecule has 1 aliphatic carbocycles. The second-order valence-electron chi connectivity index (χ2n) is 5.73. The summed E-state index contributed by atoms with van der Waals surface area (Å²) in [5.74, 6) is -0.948. The number of thiophene rings is 1. The summed E-state index contributed by atoms with van der Waals surface area (Å²) in [6.07, 6.45) is 1.85. The standard InChI is InChI=1S/C16H15N3O3S2/c1-16(9-17,10-4-5-10)19-13(20)7-22-15(21)11-8-24-14(18-11)12-3-2-6-23-12/h2-3,6,8,10H,4-5,7H2,1H3,(H,19,20)/t16-/m0/s1. The molecule has 0 aromatic carbocycles. The number of ether oxygens (including phenoxy) is 1. The summed E-state index contributed by atoms with van der Waals surface area (Å²) in [6, 6.07) is 5.96. The molecule has 0 unspecified atom stereocenters. The van der Waals surface area contributed by atoms with Crippen LogP contribution >= 0.6 is 22.7 Å². The van der Waals surface area contributed by atoms with Gasteiger partial charge in [-0.05, 0) is 37.1 Å². The van der Waals surface area contributed by atoms with Crippen molar-refractivity contribution in [1.82, 2.24) is 10.3 Å². The van der Waals surface area contributed by atoms with Crippen molar-refractivity contribution in [2.24, 2.45) is 5.92 Å². The number of nitrogens with one attached hydrogen (secondary N) is 1. The largest absolute Gasteiger partial charge is 0.451 e. The van der Waals surface area contributed by atoms with Crippen LogP contribution in [0.4, 0.5) is 0 Å². The third-order valence-electron chi connectivity index (χ3n) is 3.80. The zero-order chi connectivity index (χ0) is 17.2. The summed E-state index contributed by atoms with van der Waals surface area (Å²) in [5.41, 5.74) is -0.711. The zero-order valence-corrected chi connectivity index (χ0v) is 14.6. The van der Waals surface area contributed by atoms with E-state index in [4.69, 9.17) is 4.74 Å². The molecule has 0 aliphatic heterocycles. The number of hydrogen-bond donors (Lipinski definition) is 1. The van der Waals surface area contributed by atoms with Gasteiger partial charge in [0.2, 0.25) is 0 Å². The van der Waals surface area contributed by atoms with Gasteiger partial charge in [0.1, 0.15) is 10.5 Å². The highest BCUT2D eigenvalue weighted by molar-refractivity contribution is 7.20. The van der Waals surface area contributed by atoms with Crippen molar-refractivity contribution >= 4 is 34.6 Å². The van der Waals surface area contributed by atoms with Gasteiger partial charge in [0, 0.05) is 5.38 Å². The van der Waals surface area contributed by atoms with Crippen LogP contribution in [0.25, 0.3) is 9.88 Å². The van der Waals surface area contributed by atoms with Gasteiger partial charge in [-0.25, -0.2) is 9.78 Å². The third kappa shape index (κ3) is 3.63. The first-order valence-corrected chi connectivity index (χ1v) is 9.16. The Hall–Kier alpha value is -2.24. The molecule has 1 N–H and O–H groups in total. The maximum Gasteiger partial charge on any atom is 0.358 e. The second-order valence-corrected chi connectivity index (χ2v) is 7.53. The molecule has 6 nitrogen and oxygen atoms in total. The van der Waals surface area contributed by atoms with Crippen LogP contribution in [0.15, 0.2) is 22.9 Å². The molecule has 1 aliphatic rings. The molecule has 2 aromatic heterocycles. The van der Waals surface area contributed by atoms with Crippen LogP contribution in [0, 0.1) is 17.2 Å². The average Bonchev–Trinajstić information content (AvgIpc) is 3.10. The molecule has 1 fully saturated rings. The molecule has 124 valence electrons. The zero-order valence-electron chi connectivity index (χ0n) is 12.9. The van der Waals surface area contributed by atoms with Crippen molar-refractivity contribution in [2.45, 2.75) is 25.3 Å². The molecule has 8 heteroatoms. The summed E-state index contributed by atoms with van der Waals surface area (Å²) in [5, 5.41) is 16.1. The summed E-state index contributed by atoms with van der Waals surface area (Å²) in [7, 11) is 0. The van der Waals surface area contributed by atoms with Gasteiger partial charge in [-0.1, -0.05) is 6.07 Å². The van der Waals surface area contributed by atoms with Crippen molar-refractivity contribution in [3.63, 3.8) is 0 Å². The molecule has 0 saturated heterocycles. The van der Waals surface area contributed by atoms with Crippen molar-refractivity contribution < 1.29 is 14.3 Å². The van der Waals surface area contributed by atoms with Crippen LogP contribution in [-0.4, -0.2) is 29.0 Å².